The summed E-state index contributed by atoms with van der Waals surface area (Å²) in [6.07, 6.45) is 1.49. The van der Waals surface area contributed by atoms with Crippen LogP contribution in [0.5, 0.6) is 0 Å². The number of amides is 1. The zero-order chi connectivity index (χ0) is 16.3. The quantitative estimate of drug-likeness (QED) is 0.752. The lowest BCUT2D eigenvalue weighted by Gasteiger charge is -2.33. The first-order valence-corrected chi connectivity index (χ1v) is 10.5. The average Bonchev–Trinajstić information content (AvgIpc) is 2.96. The summed E-state index contributed by atoms with van der Waals surface area (Å²) in [6.45, 7) is 5.99. The van der Waals surface area contributed by atoms with Gasteiger partial charge in [-0.2, -0.15) is 4.31 Å². The molecule has 8 heteroatoms. The number of piperidine rings is 1. The summed E-state index contributed by atoms with van der Waals surface area (Å²) in [7, 11) is -3.50. The van der Waals surface area contributed by atoms with Gasteiger partial charge >= 0.3 is 0 Å². The van der Waals surface area contributed by atoms with Crippen molar-refractivity contribution in [2.24, 2.45) is 5.92 Å². The number of hydrogen-bond donors (Lipinski definition) is 0. The molecule has 1 fully saturated rings. The van der Waals surface area contributed by atoms with Crippen molar-refractivity contribution >= 4 is 43.2 Å². The molecule has 0 spiro atoms. The molecular formula is C14H21BrN2O3S2. The van der Waals surface area contributed by atoms with E-state index in [2.05, 4.69) is 15.9 Å². The summed E-state index contributed by atoms with van der Waals surface area (Å²) in [5, 5.41) is 0. The maximum Gasteiger partial charge on any atom is 0.252 e. The van der Waals surface area contributed by atoms with Crippen molar-refractivity contribution in [2.75, 3.05) is 26.2 Å². The maximum absolute atomic E-state index is 12.7. The van der Waals surface area contributed by atoms with Crippen LogP contribution in [0.3, 0.4) is 0 Å². The highest BCUT2D eigenvalue weighted by molar-refractivity contribution is 9.11. The number of carbonyl (C=O) groups excluding carboxylic acids is 1. The van der Waals surface area contributed by atoms with Crippen LogP contribution in [-0.4, -0.2) is 49.7 Å². The van der Waals surface area contributed by atoms with Gasteiger partial charge < -0.3 is 4.90 Å². The molecule has 1 saturated heterocycles. The third-order valence-corrected chi connectivity index (χ3v) is 7.91. The number of nitrogens with zero attached hydrogens (tertiary/aromatic N) is 2. The van der Waals surface area contributed by atoms with Gasteiger partial charge in [0.05, 0.1) is 9.70 Å². The minimum absolute atomic E-state index is 0.0669. The lowest BCUT2D eigenvalue weighted by molar-refractivity contribution is -0.136. The van der Waals surface area contributed by atoms with Gasteiger partial charge in [0.2, 0.25) is 5.91 Å². The van der Waals surface area contributed by atoms with Gasteiger partial charge in [0.1, 0.15) is 4.21 Å². The van der Waals surface area contributed by atoms with E-state index < -0.39 is 10.0 Å². The van der Waals surface area contributed by atoms with Crippen molar-refractivity contribution in [3.63, 3.8) is 0 Å². The fourth-order valence-corrected chi connectivity index (χ4v) is 6.41. The summed E-state index contributed by atoms with van der Waals surface area (Å²) in [4.78, 5) is 14.3. The summed E-state index contributed by atoms with van der Waals surface area (Å²) in [5.41, 5.74) is 0. The molecule has 5 nitrogen and oxygen atoms in total. The fraction of sp³-hybridized carbons (Fsp3) is 0.643. The van der Waals surface area contributed by atoms with Crippen LogP contribution in [0.25, 0.3) is 0 Å². The smallest absolute Gasteiger partial charge is 0.252 e. The van der Waals surface area contributed by atoms with Gasteiger partial charge in [-0.3, -0.25) is 4.79 Å². The summed E-state index contributed by atoms with van der Waals surface area (Å²) in [6, 6.07) is 3.35. The second kappa shape index (κ2) is 7.42. The van der Waals surface area contributed by atoms with Gasteiger partial charge in [-0.25, -0.2) is 8.42 Å². The Hall–Kier alpha value is -0.440. The Morgan fingerprint density at radius 2 is 2.09 bits per heavy atom. The minimum Gasteiger partial charge on any atom is -0.343 e. The SMILES string of the molecule is CCN(CC)C(=O)C1CCCN(S(=O)(=O)c2ccc(Br)s2)C1. The number of sulfonamides is 1. The second-order valence-corrected chi connectivity index (χ2v) is 9.90. The van der Waals surface area contributed by atoms with E-state index in [1.807, 2.05) is 13.8 Å². The molecule has 0 saturated carbocycles. The van der Waals surface area contributed by atoms with E-state index in [-0.39, 0.29) is 18.4 Å². The van der Waals surface area contributed by atoms with Crippen LogP contribution in [0.2, 0.25) is 0 Å². The topological polar surface area (TPSA) is 57.7 Å². The fourth-order valence-electron chi connectivity index (χ4n) is 2.72. The molecule has 1 aliphatic rings. The Labute approximate surface area is 144 Å². The van der Waals surface area contributed by atoms with E-state index in [0.717, 1.165) is 16.6 Å². The third kappa shape index (κ3) is 3.72. The van der Waals surface area contributed by atoms with E-state index in [4.69, 9.17) is 0 Å². The molecule has 1 unspecified atom stereocenters. The van der Waals surface area contributed by atoms with Gasteiger partial charge in [-0.1, -0.05) is 0 Å². The van der Waals surface area contributed by atoms with Crippen LogP contribution in [0.15, 0.2) is 20.1 Å². The number of thiophene rings is 1. The van der Waals surface area contributed by atoms with Crippen molar-refractivity contribution in [1.82, 2.24) is 9.21 Å². The molecule has 1 amide bonds. The van der Waals surface area contributed by atoms with E-state index in [0.29, 0.717) is 23.8 Å². The minimum atomic E-state index is -3.50. The Morgan fingerprint density at radius 1 is 1.41 bits per heavy atom. The molecule has 1 atom stereocenters. The second-order valence-electron chi connectivity index (χ2n) is 5.27. The molecule has 2 heterocycles. The van der Waals surface area contributed by atoms with Crippen molar-refractivity contribution in [3.8, 4) is 0 Å². The molecular weight excluding hydrogens is 388 g/mol. The van der Waals surface area contributed by atoms with Gasteiger partial charge in [0.25, 0.3) is 10.0 Å². The monoisotopic (exact) mass is 408 g/mol. The molecule has 0 aromatic carbocycles. The van der Waals surface area contributed by atoms with E-state index in [9.17, 15) is 13.2 Å². The van der Waals surface area contributed by atoms with Crippen molar-refractivity contribution < 1.29 is 13.2 Å². The van der Waals surface area contributed by atoms with Crippen LogP contribution in [0.1, 0.15) is 26.7 Å². The highest BCUT2D eigenvalue weighted by atomic mass is 79.9. The molecule has 0 aliphatic carbocycles. The molecule has 1 aliphatic heterocycles. The zero-order valence-corrected chi connectivity index (χ0v) is 16.0. The third-order valence-electron chi connectivity index (χ3n) is 3.95. The van der Waals surface area contributed by atoms with E-state index >= 15 is 0 Å². The standard InChI is InChI=1S/C14H21BrN2O3S2/c1-3-16(4-2)14(18)11-6-5-9-17(10-11)22(19,20)13-8-7-12(15)21-13/h7-8,11H,3-6,9-10H2,1-2H3. The summed E-state index contributed by atoms with van der Waals surface area (Å²) in [5.74, 6) is -0.163. The predicted octanol–water partition coefficient (Wildman–Crippen LogP) is 2.78. The summed E-state index contributed by atoms with van der Waals surface area (Å²) < 4.78 is 27.9. The van der Waals surface area contributed by atoms with Crippen molar-refractivity contribution in [1.29, 1.82) is 0 Å². The number of rotatable bonds is 5. The van der Waals surface area contributed by atoms with Crippen LogP contribution in [0, 0.1) is 5.92 Å². The molecule has 1 aromatic heterocycles. The molecule has 0 N–H and O–H groups in total. The highest BCUT2D eigenvalue weighted by Crippen LogP contribution is 2.31. The van der Waals surface area contributed by atoms with Crippen molar-refractivity contribution in [2.45, 2.75) is 30.9 Å². The van der Waals surface area contributed by atoms with Crippen LogP contribution >= 0.6 is 27.3 Å². The van der Waals surface area contributed by atoms with Gasteiger partial charge in [-0.15, -0.1) is 11.3 Å². The molecule has 124 valence electrons. The number of carbonyl (C=O) groups is 1. The van der Waals surface area contributed by atoms with Gasteiger partial charge in [-0.05, 0) is 54.8 Å². The maximum atomic E-state index is 12.7. The Morgan fingerprint density at radius 3 is 2.64 bits per heavy atom. The predicted molar refractivity (Wildman–Crippen MR) is 91.4 cm³/mol. The summed E-state index contributed by atoms with van der Waals surface area (Å²) >= 11 is 4.50. The molecule has 1 aromatic rings. The zero-order valence-electron chi connectivity index (χ0n) is 12.8. The van der Waals surface area contributed by atoms with E-state index in [1.54, 1.807) is 17.0 Å². The first-order valence-electron chi connectivity index (χ1n) is 7.44. The lowest BCUT2D eigenvalue weighted by Crippen LogP contribution is -2.46. The molecule has 0 bridgehead atoms. The highest BCUT2D eigenvalue weighted by Gasteiger charge is 2.35. The Kier molecular flexibility index (Phi) is 6.04. The Bertz CT molecular complexity index is 626. The number of halogens is 1. The average molecular weight is 409 g/mol. The van der Waals surface area contributed by atoms with Gasteiger partial charge in [0.15, 0.2) is 0 Å². The first kappa shape index (κ1) is 17.9. The van der Waals surface area contributed by atoms with Gasteiger partial charge in [0, 0.05) is 26.2 Å². The molecule has 2 rings (SSSR count). The first-order chi connectivity index (χ1) is 10.4. The van der Waals surface area contributed by atoms with Crippen molar-refractivity contribution in [3.05, 3.63) is 15.9 Å². The van der Waals surface area contributed by atoms with Crippen LogP contribution in [0.4, 0.5) is 0 Å². The largest absolute Gasteiger partial charge is 0.343 e. The van der Waals surface area contributed by atoms with E-state index in [1.165, 1.54) is 15.6 Å². The Balaban J connectivity index is 2.15. The molecule has 0 radical (unpaired) electrons. The normalized spacial score (nSPS) is 20.0. The van der Waals surface area contributed by atoms with Crippen LogP contribution in [-0.2, 0) is 14.8 Å². The van der Waals surface area contributed by atoms with Crippen LogP contribution < -0.4 is 0 Å². The lowest BCUT2D eigenvalue weighted by atomic mass is 9.98. The number of hydrogen-bond acceptors (Lipinski definition) is 4. The molecule has 22 heavy (non-hydrogen) atoms.